The molecule has 0 spiro atoms. The van der Waals surface area contributed by atoms with E-state index in [1.807, 2.05) is 104 Å². The molecular weight excluding hydrogens is 598 g/mol. The van der Waals surface area contributed by atoms with Crippen LogP contribution in [0.5, 0.6) is 0 Å². The van der Waals surface area contributed by atoms with Crippen molar-refractivity contribution in [2.45, 2.75) is 51.0 Å². The number of amides is 1. The van der Waals surface area contributed by atoms with Crippen molar-refractivity contribution in [2.24, 2.45) is 5.92 Å². The van der Waals surface area contributed by atoms with E-state index < -0.39 is 43.0 Å². The molecule has 6 rings (SSSR count). The Hall–Kier alpha value is -4.54. The zero-order valence-electron chi connectivity index (χ0n) is 26.3. The van der Waals surface area contributed by atoms with Crippen LogP contribution in [0.2, 0.25) is 0 Å². The number of hydrogen-bond donors (Lipinski definition) is 0. The normalized spacial score (nSPS) is 23.7. The van der Waals surface area contributed by atoms with Gasteiger partial charge in [-0.05, 0) is 23.3 Å². The van der Waals surface area contributed by atoms with Crippen LogP contribution in [-0.4, -0.2) is 61.3 Å². The largest absolute Gasteiger partial charge is 0.453 e. The molecular formula is C38H39NO8. The quantitative estimate of drug-likeness (QED) is 0.171. The Bertz CT molecular complexity index is 1560. The first-order chi connectivity index (χ1) is 23.0. The summed E-state index contributed by atoms with van der Waals surface area (Å²) in [5.41, 5.74) is 3.16. The molecule has 6 atom stereocenters. The SMILES string of the molecule is C[C@@H]1C(OC(=O)c2ccccc2)[C@H](OCCN(Cc2ccccc2)C(=O)OCc2ccccc2)OC2COC(c3ccccc3)O[C@H]21. The van der Waals surface area contributed by atoms with Gasteiger partial charge in [0.15, 0.2) is 18.7 Å². The fraction of sp³-hybridized carbons (Fsp3) is 0.316. The summed E-state index contributed by atoms with van der Waals surface area (Å²) < 4.78 is 36.8. The molecule has 9 nitrogen and oxygen atoms in total. The molecule has 4 aromatic carbocycles. The van der Waals surface area contributed by atoms with Gasteiger partial charge in [0.25, 0.3) is 0 Å². The van der Waals surface area contributed by atoms with Gasteiger partial charge in [0.2, 0.25) is 0 Å². The fourth-order valence-corrected chi connectivity index (χ4v) is 5.79. The number of carbonyl (C=O) groups is 2. The Morgan fingerprint density at radius 1 is 0.787 bits per heavy atom. The third-order valence-electron chi connectivity index (χ3n) is 8.32. The predicted octanol–water partition coefficient (Wildman–Crippen LogP) is 6.54. The lowest BCUT2D eigenvalue weighted by Gasteiger charge is -2.48. The van der Waals surface area contributed by atoms with Gasteiger partial charge in [0, 0.05) is 24.6 Å². The molecule has 0 radical (unpaired) electrons. The van der Waals surface area contributed by atoms with Crippen LogP contribution >= 0.6 is 0 Å². The van der Waals surface area contributed by atoms with E-state index in [2.05, 4.69) is 0 Å². The maximum Gasteiger partial charge on any atom is 0.410 e. The molecule has 2 aliphatic heterocycles. The number of nitrogens with zero attached hydrogens (tertiary/aromatic N) is 1. The number of rotatable bonds is 11. The van der Waals surface area contributed by atoms with E-state index >= 15 is 0 Å². The van der Waals surface area contributed by atoms with Gasteiger partial charge in [0.1, 0.15) is 12.7 Å². The van der Waals surface area contributed by atoms with Crippen LogP contribution in [0.25, 0.3) is 0 Å². The first-order valence-corrected chi connectivity index (χ1v) is 15.9. The van der Waals surface area contributed by atoms with Crippen LogP contribution in [0.3, 0.4) is 0 Å². The van der Waals surface area contributed by atoms with E-state index in [0.29, 0.717) is 12.1 Å². The molecule has 0 aliphatic carbocycles. The number of fused-ring (bicyclic) bond motifs is 1. The lowest BCUT2D eigenvalue weighted by molar-refractivity contribution is -0.351. The first kappa shape index (κ1) is 32.4. The second-order valence-electron chi connectivity index (χ2n) is 11.6. The monoisotopic (exact) mass is 637 g/mol. The Morgan fingerprint density at radius 3 is 2.09 bits per heavy atom. The summed E-state index contributed by atoms with van der Waals surface area (Å²) in [4.78, 5) is 28.1. The van der Waals surface area contributed by atoms with Gasteiger partial charge in [0.05, 0.1) is 24.9 Å². The van der Waals surface area contributed by atoms with Gasteiger partial charge in [-0.3, -0.25) is 0 Å². The molecule has 4 aromatic rings. The molecule has 0 saturated carbocycles. The Balaban J connectivity index is 1.15. The van der Waals surface area contributed by atoms with Gasteiger partial charge < -0.3 is 33.3 Å². The first-order valence-electron chi connectivity index (χ1n) is 15.9. The molecule has 9 heteroatoms. The highest BCUT2D eigenvalue weighted by Crippen LogP contribution is 2.38. The molecule has 3 unspecified atom stereocenters. The van der Waals surface area contributed by atoms with Crippen LogP contribution in [0, 0.1) is 5.92 Å². The molecule has 1 amide bonds. The van der Waals surface area contributed by atoms with E-state index in [1.165, 1.54) is 0 Å². The average Bonchev–Trinajstić information content (AvgIpc) is 3.13. The van der Waals surface area contributed by atoms with Crippen molar-refractivity contribution in [1.29, 1.82) is 0 Å². The summed E-state index contributed by atoms with van der Waals surface area (Å²) in [5.74, 6) is -0.780. The highest BCUT2D eigenvalue weighted by Gasteiger charge is 2.50. The van der Waals surface area contributed by atoms with Crippen LogP contribution in [-0.2, 0) is 41.6 Å². The Morgan fingerprint density at radius 2 is 1.40 bits per heavy atom. The Kier molecular flexibility index (Phi) is 10.9. The smallest absolute Gasteiger partial charge is 0.410 e. The van der Waals surface area contributed by atoms with Crippen molar-refractivity contribution >= 4 is 12.1 Å². The van der Waals surface area contributed by atoms with E-state index in [1.54, 1.807) is 29.2 Å². The van der Waals surface area contributed by atoms with E-state index in [0.717, 1.165) is 16.7 Å². The molecule has 2 heterocycles. The van der Waals surface area contributed by atoms with Crippen LogP contribution in [0.4, 0.5) is 4.79 Å². The van der Waals surface area contributed by atoms with E-state index in [-0.39, 0.29) is 32.3 Å². The molecule has 244 valence electrons. The molecule has 0 aromatic heterocycles. The van der Waals surface area contributed by atoms with Crippen LogP contribution in [0.15, 0.2) is 121 Å². The van der Waals surface area contributed by atoms with Crippen molar-refractivity contribution < 1.29 is 38.0 Å². The fourth-order valence-electron chi connectivity index (χ4n) is 5.79. The summed E-state index contributed by atoms with van der Waals surface area (Å²) in [6.07, 6.45) is -3.60. The van der Waals surface area contributed by atoms with Gasteiger partial charge in [-0.15, -0.1) is 0 Å². The molecule has 2 aliphatic rings. The molecule has 47 heavy (non-hydrogen) atoms. The second kappa shape index (κ2) is 15.8. The maximum atomic E-state index is 13.3. The molecule has 2 fully saturated rings. The summed E-state index contributed by atoms with van der Waals surface area (Å²) in [5, 5.41) is 0. The predicted molar refractivity (Wildman–Crippen MR) is 173 cm³/mol. The summed E-state index contributed by atoms with van der Waals surface area (Å²) in [6, 6.07) is 37.7. The van der Waals surface area contributed by atoms with Crippen molar-refractivity contribution in [3.05, 3.63) is 144 Å². The lowest BCUT2D eigenvalue weighted by Crippen LogP contribution is -2.59. The van der Waals surface area contributed by atoms with Crippen molar-refractivity contribution in [2.75, 3.05) is 19.8 Å². The number of benzene rings is 4. The van der Waals surface area contributed by atoms with Gasteiger partial charge in [-0.1, -0.05) is 116 Å². The van der Waals surface area contributed by atoms with Crippen LogP contribution in [0.1, 0.15) is 40.3 Å². The van der Waals surface area contributed by atoms with Crippen molar-refractivity contribution in [1.82, 2.24) is 4.90 Å². The number of carbonyl (C=O) groups excluding carboxylic acids is 2. The van der Waals surface area contributed by atoms with Crippen molar-refractivity contribution in [3.8, 4) is 0 Å². The number of ether oxygens (including phenoxy) is 6. The third kappa shape index (κ3) is 8.44. The van der Waals surface area contributed by atoms with Gasteiger partial charge in [-0.25, -0.2) is 9.59 Å². The minimum Gasteiger partial charge on any atom is -0.453 e. The minimum absolute atomic E-state index is 0.107. The minimum atomic E-state index is -0.918. The molecule has 0 bridgehead atoms. The standard InChI is InChI=1S/C38H39NO8/c1-27-33-32(26-43-36(47-33)31-20-12-5-13-21-31)45-37(34(27)46-35(40)30-18-10-4-11-19-30)42-23-22-39(24-28-14-6-2-7-15-28)38(41)44-25-29-16-8-3-9-17-29/h2-21,27,32-34,36-37H,22-26H2,1H3/t27-,32?,33-,34?,36?,37+/m0/s1. The Labute approximate surface area is 274 Å². The van der Waals surface area contributed by atoms with Gasteiger partial charge in [-0.2, -0.15) is 0 Å². The third-order valence-corrected chi connectivity index (χ3v) is 8.32. The maximum absolute atomic E-state index is 13.3. The van der Waals surface area contributed by atoms with E-state index in [9.17, 15) is 9.59 Å². The van der Waals surface area contributed by atoms with Gasteiger partial charge >= 0.3 is 12.1 Å². The summed E-state index contributed by atoms with van der Waals surface area (Å²) >= 11 is 0. The van der Waals surface area contributed by atoms with Crippen molar-refractivity contribution in [3.63, 3.8) is 0 Å². The number of hydrogen-bond acceptors (Lipinski definition) is 8. The molecule has 2 saturated heterocycles. The highest BCUT2D eigenvalue weighted by molar-refractivity contribution is 5.89. The summed E-state index contributed by atoms with van der Waals surface area (Å²) in [7, 11) is 0. The average molecular weight is 638 g/mol. The zero-order valence-corrected chi connectivity index (χ0v) is 26.3. The zero-order chi connectivity index (χ0) is 32.4. The second-order valence-corrected chi connectivity index (χ2v) is 11.6. The van der Waals surface area contributed by atoms with Crippen LogP contribution < -0.4 is 0 Å². The van der Waals surface area contributed by atoms with E-state index in [4.69, 9.17) is 28.4 Å². The lowest BCUT2D eigenvalue weighted by atomic mass is 9.89. The number of esters is 1. The summed E-state index contributed by atoms with van der Waals surface area (Å²) in [6.45, 7) is 3.05. The molecule has 0 N–H and O–H groups in total. The topological polar surface area (TPSA) is 92.8 Å². The highest BCUT2D eigenvalue weighted by atomic mass is 16.8.